The van der Waals surface area contributed by atoms with E-state index in [9.17, 15) is 4.79 Å². The Morgan fingerprint density at radius 3 is 2.70 bits per heavy atom. The molecular formula is C25H18N6OS. The van der Waals surface area contributed by atoms with Crippen molar-refractivity contribution in [2.75, 3.05) is 5.73 Å². The summed E-state index contributed by atoms with van der Waals surface area (Å²) in [5, 5.41) is 11.1. The minimum absolute atomic E-state index is 0.262. The fraction of sp³-hybridized carbons (Fsp3) is 0.0400. The van der Waals surface area contributed by atoms with Gasteiger partial charge >= 0.3 is 0 Å². The number of nitrogen functional groups attached to an aromatic ring is 1. The zero-order valence-electron chi connectivity index (χ0n) is 17.4. The lowest BCUT2D eigenvalue weighted by Crippen LogP contribution is -2.15. The maximum atomic E-state index is 13.3. The van der Waals surface area contributed by atoms with Crippen LogP contribution in [0, 0.1) is 0 Å². The smallest absolute Gasteiger partial charge is 0.260 e. The monoisotopic (exact) mass is 450 g/mol. The van der Waals surface area contributed by atoms with E-state index in [1.165, 1.54) is 11.3 Å². The molecule has 8 heteroatoms. The zero-order valence-corrected chi connectivity index (χ0v) is 18.2. The first-order valence-corrected chi connectivity index (χ1v) is 11.3. The number of fused-ring (bicyclic) bond motifs is 2. The molecule has 0 saturated carbocycles. The van der Waals surface area contributed by atoms with Crippen molar-refractivity contribution in [2.45, 2.75) is 6.42 Å². The Labute approximate surface area is 192 Å². The van der Waals surface area contributed by atoms with Gasteiger partial charge in [0.2, 0.25) is 0 Å². The largest absolute Gasteiger partial charge is 0.398 e. The predicted molar refractivity (Wildman–Crippen MR) is 132 cm³/mol. The Balaban J connectivity index is 1.64. The molecule has 0 aliphatic carbocycles. The van der Waals surface area contributed by atoms with Gasteiger partial charge < -0.3 is 10.7 Å². The summed E-state index contributed by atoms with van der Waals surface area (Å²) in [5.74, 6) is 0.584. The normalized spacial score (nSPS) is 11.4. The maximum Gasteiger partial charge on any atom is 0.260 e. The molecule has 0 unspecified atom stereocenters. The van der Waals surface area contributed by atoms with Crippen molar-refractivity contribution >= 4 is 38.8 Å². The van der Waals surface area contributed by atoms with Crippen LogP contribution in [-0.2, 0) is 6.42 Å². The van der Waals surface area contributed by atoms with E-state index in [2.05, 4.69) is 20.2 Å². The standard InChI is InChI=1S/C25H18N6OS/c26-22-16(15-7-4-8-19-18(15)13-28-31-19)12-17(25-27-9-10-33-25)23-21(22)24(32)30-20(29-23)11-14-5-2-1-3-6-14/h1-10,12-13H,11,26H2,(H,28,31)(H,29,30,32). The van der Waals surface area contributed by atoms with Crippen LogP contribution in [0.4, 0.5) is 5.69 Å². The summed E-state index contributed by atoms with van der Waals surface area (Å²) in [6.07, 6.45) is 4.03. The molecular weight excluding hydrogens is 432 g/mol. The van der Waals surface area contributed by atoms with Gasteiger partial charge in [-0.3, -0.25) is 9.89 Å². The molecule has 3 heterocycles. The second kappa shape index (κ2) is 7.68. The summed E-state index contributed by atoms with van der Waals surface area (Å²) in [6.45, 7) is 0. The van der Waals surface area contributed by atoms with Gasteiger partial charge in [-0.05, 0) is 23.3 Å². The number of hydrogen-bond donors (Lipinski definition) is 3. The number of nitrogens with zero attached hydrogens (tertiary/aromatic N) is 3. The minimum atomic E-state index is -0.262. The van der Waals surface area contributed by atoms with Crippen LogP contribution in [0.1, 0.15) is 11.4 Å². The highest BCUT2D eigenvalue weighted by atomic mass is 32.1. The average molecular weight is 451 g/mol. The van der Waals surface area contributed by atoms with E-state index in [-0.39, 0.29) is 5.56 Å². The van der Waals surface area contributed by atoms with Crippen molar-refractivity contribution in [1.29, 1.82) is 0 Å². The van der Waals surface area contributed by atoms with E-state index in [1.54, 1.807) is 12.4 Å². The van der Waals surface area contributed by atoms with Crippen molar-refractivity contribution in [3.8, 4) is 21.7 Å². The Kier molecular flexibility index (Phi) is 4.51. The Hall–Kier alpha value is -4.30. The Bertz CT molecular complexity index is 1670. The first-order valence-electron chi connectivity index (χ1n) is 10.4. The van der Waals surface area contributed by atoms with E-state index in [4.69, 9.17) is 10.7 Å². The predicted octanol–water partition coefficient (Wildman–Crippen LogP) is 4.76. The molecule has 6 aromatic rings. The Morgan fingerprint density at radius 1 is 1.00 bits per heavy atom. The summed E-state index contributed by atoms with van der Waals surface area (Å²) in [7, 11) is 0. The van der Waals surface area contributed by atoms with Crippen molar-refractivity contribution in [3.05, 3.63) is 94.1 Å². The molecule has 0 radical (unpaired) electrons. The first kappa shape index (κ1) is 19.4. The Morgan fingerprint density at radius 2 is 1.88 bits per heavy atom. The molecule has 0 aliphatic heterocycles. The molecule has 3 aromatic heterocycles. The fourth-order valence-corrected chi connectivity index (χ4v) is 4.86. The molecule has 0 aliphatic rings. The summed E-state index contributed by atoms with van der Waals surface area (Å²) >= 11 is 1.50. The lowest BCUT2D eigenvalue weighted by Gasteiger charge is -2.14. The van der Waals surface area contributed by atoms with E-state index >= 15 is 0 Å². The van der Waals surface area contributed by atoms with Crippen LogP contribution in [-0.4, -0.2) is 25.1 Å². The van der Waals surface area contributed by atoms with E-state index in [0.717, 1.165) is 38.2 Å². The lowest BCUT2D eigenvalue weighted by atomic mass is 9.95. The number of H-pyrrole nitrogens is 2. The highest BCUT2D eigenvalue weighted by Crippen LogP contribution is 2.40. The highest BCUT2D eigenvalue weighted by Gasteiger charge is 2.20. The second-order valence-electron chi connectivity index (χ2n) is 7.76. The van der Waals surface area contributed by atoms with Crippen LogP contribution >= 0.6 is 11.3 Å². The molecule has 4 N–H and O–H groups in total. The third-order valence-corrected chi connectivity index (χ3v) is 6.53. The first-order chi connectivity index (χ1) is 16.2. The van der Waals surface area contributed by atoms with Crippen molar-refractivity contribution in [2.24, 2.45) is 0 Å². The molecule has 0 saturated heterocycles. The molecule has 0 amide bonds. The maximum absolute atomic E-state index is 13.3. The van der Waals surface area contributed by atoms with Crippen LogP contribution < -0.4 is 11.3 Å². The number of aromatic nitrogens is 5. The molecule has 6 rings (SSSR count). The van der Waals surface area contributed by atoms with Crippen molar-refractivity contribution in [3.63, 3.8) is 0 Å². The SMILES string of the molecule is Nc1c(-c2cccc3[nH]ncc23)cc(-c2nccs2)c2nc(Cc3ccccc3)[nH]c(=O)c12. The minimum Gasteiger partial charge on any atom is -0.398 e. The van der Waals surface area contributed by atoms with Gasteiger partial charge in [-0.15, -0.1) is 11.3 Å². The number of benzene rings is 3. The van der Waals surface area contributed by atoms with Gasteiger partial charge in [0.15, 0.2) is 0 Å². The highest BCUT2D eigenvalue weighted by molar-refractivity contribution is 7.13. The van der Waals surface area contributed by atoms with Gasteiger partial charge in [-0.25, -0.2) is 9.97 Å². The van der Waals surface area contributed by atoms with Gasteiger partial charge in [-0.1, -0.05) is 42.5 Å². The molecule has 160 valence electrons. The number of nitrogens with one attached hydrogen (secondary N) is 2. The van der Waals surface area contributed by atoms with E-state index < -0.39 is 0 Å². The van der Waals surface area contributed by atoms with Crippen molar-refractivity contribution < 1.29 is 0 Å². The summed E-state index contributed by atoms with van der Waals surface area (Å²) in [4.78, 5) is 25.6. The quantitative estimate of drug-likeness (QED) is 0.335. The van der Waals surface area contributed by atoms with Gasteiger partial charge in [0.25, 0.3) is 5.56 Å². The fourth-order valence-electron chi connectivity index (χ4n) is 4.21. The van der Waals surface area contributed by atoms with Crippen LogP contribution in [0.5, 0.6) is 0 Å². The van der Waals surface area contributed by atoms with Crippen LogP contribution in [0.25, 0.3) is 43.5 Å². The van der Waals surface area contributed by atoms with Crippen LogP contribution in [0.15, 0.2) is 77.2 Å². The molecule has 0 spiro atoms. The topological polar surface area (TPSA) is 113 Å². The van der Waals surface area contributed by atoms with Crippen LogP contribution in [0.2, 0.25) is 0 Å². The molecule has 0 fully saturated rings. The molecule has 0 bridgehead atoms. The molecule has 3 aromatic carbocycles. The number of rotatable bonds is 4. The lowest BCUT2D eigenvalue weighted by molar-refractivity contribution is 0.974. The summed E-state index contributed by atoms with van der Waals surface area (Å²) in [6, 6.07) is 17.8. The second-order valence-corrected chi connectivity index (χ2v) is 8.65. The van der Waals surface area contributed by atoms with Gasteiger partial charge in [0.1, 0.15) is 10.8 Å². The molecule has 7 nitrogen and oxygen atoms in total. The average Bonchev–Trinajstić information content (AvgIpc) is 3.52. The van der Waals surface area contributed by atoms with Crippen LogP contribution in [0.3, 0.4) is 0 Å². The zero-order chi connectivity index (χ0) is 22.4. The van der Waals surface area contributed by atoms with Gasteiger partial charge in [0, 0.05) is 34.5 Å². The van der Waals surface area contributed by atoms with E-state index in [1.807, 2.05) is 60.0 Å². The molecule has 0 atom stereocenters. The summed E-state index contributed by atoms with van der Waals surface area (Å²) in [5.41, 5.74) is 11.7. The van der Waals surface area contributed by atoms with Gasteiger partial charge in [0.05, 0.1) is 28.3 Å². The third kappa shape index (κ3) is 3.28. The number of hydrogen-bond acceptors (Lipinski definition) is 6. The van der Waals surface area contributed by atoms with Gasteiger partial charge in [-0.2, -0.15) is 5.10 Å². The number of aromatic amines is 2. The van der Waals surface area contributed by atoms with Crippen molar-refractivity contribution in [1.82, 2.24) is 25.1 Å². The third-order valence-electron chi connectivity index (χ3n) is 5.72. The molecule has 33 heavy (non-hydrogen) atoms. The number of thiazole rings is 1. The number of nitrogens with two attached hydrogens (primary N) is 1. The van der Waals surface area contributed by atoms with E-state index in [0.29, 0.717) is 28.8 Å². The summed E-state index contributed by atoms with van der Waals surface area (Å²) < 4.78 is 0. The number of anilines is 1.